The molecular weight excluding hydrogens is 230 g/mol. The Hall–Kier alpha value is -1.43. The van der Waals surface area contributed by atoms with E-state index in [1.165, 1.54) is 6.42 Å². The van der Waals surface area contributed by atoms with E-state index in [4.69, 9.17) is 5.73 Å². The van der Waals surface area contributed by atoms with Crippen LogP contribution in [0.5, 0.6) is 0 Å². The molecule has 1 heterocycles. The highest BCUT2D eigenvalue weighted by Crippen LogP contribution is 2.25. The molecule has 0 radical (unpaired) electrons. The largest absolute Gasteiger partial charge is 0.354 e. The fourth-order valence-electron chi connectivity index (χ4n) is 2.41. The molecule has 0 spiro atoms. The van der Waals surface area contributed by atoms with E-state index >= 15 is 0 Å². The van der Waals surface area contributed by atoms with Crippen LogP contribution in [0.2, 0.25) is 0 Å². The normalized spacial score (nSPS) is 18.6. The van der Waals surface area contributed by atoms with Crippen molar-refractivity contribution in [3.8, 4) is 0 Å². The summed E-state index contributed by atoms with van der Waals surface area (Å²) in [5.41, 5.74) is 5.49. The minimum absolute atomic E-state index is 0.0237. The summed E-state index contributed by atoms with van der Waals surface area (Å²) in [4.78, 5) is 12.1. The highest BCUT2D eigenvalue weighted by atomic mass is 16.2. The average Bonchev–Trinajstić information content (AvgIpc) is 2.76. The van der Waals surface area contributed by atoms with Crippen molar-refractivity contribution in [1.29, 1.82) is 0 Å². The van der Waals surface area contributed by atoms with E-state index in [1.54, 1.807) is 6.33 Å². The van der Waals surface area contributed by atoms with Crippen molar-refractivity contribution in [2.45, 2.75) is 44.1 Å². The molecule has 6 heteroatoms. The molecule has 1 aliphatic rings. The molecule has 0 saturated heterocycles. The molecule has 1 saturated carbocycles. The third kappa shape index (κ3) is 2.87. The summed E-state index contributed by atoms with van der Waals surface area (Å²) < 4.78 is 1.85. The fraction of sp³-hybridized carbons (Fsp3) is 0.750. The zero-order valence-corrected chi connectivity index (χ0v) is 10.9. The van der Waals surface area contributed by atoms with E-state index in [-0.39, 0.29) is 5.91 Å². The predicted octanol–water partition coefficient (Wildman–Crippen LogP) is 0.135. The Bertz CT molecular complexity index is 408. The lowest BCUT2D eigenvalue weighted by atomic mass is 9.82. The molecule has 100 valence electrons. The van der Waals surface area contributed by atoms with Gasteiger partial charge >= 0.3 is 0 Å². The first kappa shape index (κ1) is 13.0. The van der Waals surface area contributed by atoms with Crippen molar-refractivity contribution in [3.63, 3.8) is 0 Å². The topological polar surface area (TPSA) is 85.8 Å². The maximum atomic E-state index is 12.1. The third-order valence-electron chi connectivity index (χ3n) is 3.64. The maximum absolute atomic E-state index is 12.1. The number of amides is 1. The summed E-state index contributed by atoms with van der Waals surface area (Å²) in [7, 11) is 1.89. The van der Waals surface area contributed by atoms with Crippen molar-refractivity contribution >= 4 is 5.91 Å². The van der Waals surface area contributed by atoms with Gasteiger partial charge in [0.25, 0.3) is 0 Å². The number of hydrogen-bond donors (Lipinski definition) is 2. The number of nitrogens with two attached hydrogens (primary N) is 1. The minimum atomic E-state index is -0.655. The second kappa shape index (κ2) is 5.48. The van der Waals surface area contributed by atoms with Crippen LogP contribution in [0.15, 0.2) is 6.33 Å². The average molecular weight is 251 g/mol. The summed E-state index contributed by atoms with van der Waals surface area (Å²) in [6.45, 7) is 0.560. The highest BCUT2D eigenvalue weighted by molar-refractivity contribution is 5.86. The molecule has 2 rings (SSSR count). The number of aryl methyl sites for hydroxylation is 1. The Morgan fingerprint density at radius 1 is 1.50 bits per heavy atom. The van der Waals surface area contributed by atoms with Gasteiger partial charge in [-0.2, -0.15) is 0 Å². The molecule has 1 aromatic rings. The van der Waals surface area contributed by atoms with Gasteiger partial charge in [0.1, 0.15) is 12.2 Å². The van der Waals surface area contributed by atoms with Crippen molar-refractivity contribution in [3.05, 3.63) is 12.2 Å². The van der Waals surface area contributed by atoms with Gasteiger partial charge in [-0.05, 0) is 12.8 Å². The van der Waals surface area contributed by atoms with Crippen LogP contribution in [0, 0.1) is 0 Å². The maximum Gasteiger partial charge on any atom is 0.240 e. The monoisotopic (exact) mass is 251 g/mol. The van der Waals surface area contributed by atoms with E-state index in [0.717, 1.165) is 31.5 Å². The second-order valence-electron chi connectivity index (χ2n) is 5.08. The molecule has 6 nitrogen and oxygen atoms in total. The van der Waals surface area contributed by atoms with Crippen LogP contribution in [0.4, 0.5) is 0 Å². The van der Waals surface area contributed by atoms with Crippen LogP contribution in [0.1, 0.15) is 37.9 Å². The van der Waals surface area contributed by atoms with E-state index in [9.17, 15) is 4.79 Å². The fourth-order valence-corrected chi connectivity index (χ4v) is 2.41. The van der Waals surface area contributed by atoms with Crippen molar-refractivity contribution in [1.82, 2.24) is 20.1 Å². The van der Waals surface area contributed by atoms with Crippen molar-refractivity contribution < 1.29 is 4.79 Å². The Morgan fingerprint density at radius 2 is 2.22 bits per heavy atom. The lowest BCUT2D eigenvalue weighted by Crippen LogP contribution is -2.55. The third-order valence-corrected chi connectivity index (χ3v) is 3.64. The van der Waals surface area contributed by atoms with E-state index < -0.39 is 5.54 Å². The van der Waals surface area contributed by atoms with Crippen LogP contribution in [-0.2, 0) is 18.3 Å². The molecule has 0 bridgehead atoms. The number of rotatable bonds is 4. The van der Waals surface area contributed by atoms with E-state index in [1.807, 2.05) is 11.6 Å². The van der Waals surface area contributed by atoms with Crippen LogP contribution in [0.25, 0.3) is 0 Å². The zero-order valence-electron chi connectivity index (χ0n) is 10.9. The predicted molar refractivity (Wildman–Crippen MR) is 67.7 cm³/mol. The molecule has 3 N–H and O–H groups in total. The van der Waals surface area contributed by atoms with Crippen LogP contribution in [0.3, 0.4) is 0 Å². The molecule has 1 aromatic heterocycles. The van der Waals surface area contributed by atoms with E-state index in [2.05, 4.69) is 15.5 Å². The van der Waals surface area contributed by atoms with Gasteiger partial charge in [-0.3, -0.25) is 4.79 Å². The first-order chi connectivity index (χ1) is 8.62. The van der Waals surface area contributed by atoms with Gasteiger partial charge < -0.3 is 15.6 Å². The first-order valence-corrected chi connectivity index (χ1v) is 6.52. The molecule has 0 aromatic carbocycles. The van der Waals surface area contributed by atoms with Gasteiger partial charge in [0.15, 0.2) is 0 Å². The SMILES string of the molecule is Cn1cnnc1CCNC(=O)C1(N)CCCCC1. The Labute approximate surface area is 107 Å². The van der Waals surface area contributed by atoms with Crippen LogP contribution < -0.4 is 11.1 Å². The first-order valence-electron chi connectivity index (χ1n) is 6.52. The van der Waals surface area contributed by atoms with Gasteiger partial charge in [-0.1, -0.05) is 19.3 Å². The Morgan fingerprint density at radius 3 is 2.83 bits per heavy atom. The number of nitrogens with zero attached hydrogens (tertiary/aromatic N) is 3. The Kier molecular flexibility index (Phi) is 3.96. The Balaban J connectivity index is 1.79. The summed E-state index contributed by atoms with van der Waals surface area (Å²) in [6.07, 6.45) is 7.21. The smallest absolute Gasteiger partial charge is 0.240 e. The number of hydrogen-bond acceptors (Lipinski definition) is 4. The van der Waals surface area contributed by atoms with Crippen molar-refractivity contribution in [2.24, 2.45) is 12.8 Å². The summed E-state index contributed by atoms with van der Waals surface area (Å²) in [5.74, 6) is 0.842. The number of carbonyl (C=O) groups excluding carboxylic acids is 1. The number of nitrogens with one attached hydrogen (secondary N) is 1. The molecule has 0 aliphatic heterocycles. The van der Waals surface area contributed by atoms with E-state index in [0.29, 0.717) is 13.0 Å². The lowest BCUT2D eigenvalue weighted by Gasteiger charge is -2.31. The zero-order chi connectivity index (χ0) is 13.0. The molecule has 0 unspecified atom stereocenters. The summed E-state index contributed by atoms with van der Waals surface area (Å²) in [5, 5.41) is 10.7. The molecule has 1 fully saturated rings. The van der Waals surface area contributed by atoms with Gasteiger partial charge in [-0.25, -0.2) is 0 Å². The molecule has 0 atom stereocenters. The van der Waals surface area contributed by atoms with Gasteiger partial charge in [0.2, 0.25) is 5.91 Å². The number of aromatic nitrogens is 3. The second-order valence-corrected chi connectivity index (χ2v) is 5.08. The van der Waals surface area contributed by atoms with Gasteiger partial charge in [-0.15, -0.1) is 10.2 Å². The van der Waals surface area contributed by atoms with Gasteiger partial charge in [0.05, 0.1) is 5.54 Å². The lowest BCUT2D eigenvalue weighted by molar-refractivity contribution is -0.127. The summed E-state index contributed by atoms with van der Waals surface area (Å²) in [6, 6.07) is 0. The molecule has 18 heavy (non-hydrogen) atoms. The quantitative estimate of drug-likeness (QED) is 0.796. The highest BCUT2D eigenvalue weighted by Gasteiger charge is 2.34. The molecular formula is C12H21N5O. The van der Waals surface area contributed by atoms with Crippen LogP contribution >= 0.6 is 0 Å². The van der Waals surface area contributed by atoms with Gasteiger partial charge in [0, 0.05) is 20.0 Å². The van der Waals surface area contributed by atoms with Crippen molar-refractivity contribution in [2.75, 3.05) is 6.54 Å². The minimum Gasteiger partial charge on any atom is -0.354 e. The standard InChI is InChI=1S/C12H21N5O/c1-17-9-15-16-10(17)5-8-14-11(18)12(13)6-3-2-4-7-12/h9H,2-8,13H2,1H3,(H,14,18). The molecule has 1 aliphatic carbocycles. The van der Waals surface area contributed by atoms with Crippen LogP contribution in [-0.4, -0.2) is 32.8 Å². The number of carbonyl (C=O) groups is 1. The summed E-state index contributed by atoms with van der Waals surface area (Å²) >= 11 is 0. The molecule has 1 amide bonds.